The molecular weight excluding hydrogens is 622 g/mol. The third kappa shape index (κ3) is 11.8. The number of hydrogen-bond acceptors (Lipinski definition) is 7. The molecule has 0 spiro atoms. The molecule has 1 heterocycles. The molecule has 0 saturated carbocycles. The number of nitrogens with zero attached hydrogens (tertiary/aromatic N) is 2. The van der Waals surface area contributed by atoms with Gasteiger partial charge in [-0.05, 0) is 5.56 Å². The van der Waals surface area contributed by atoms with Gasteiger partial charge in [0, 0.05) is 25.0 Å². The third-order valence-corrected chi connectivity index (χ3v) is 7.81. The van der Waals surface area contributed by atoms with Gasteiger partial charge in [0.05, 0.1) is 7.11 Å². The van der Waals surface area contributed by atoms with E-state index in [0.717, 1.165) is 34.8 Å². The molecule has 1 aromatic carbocycles. The van der Waals surface area contributed by atoms with Crippen LogP contribution in [0.5, 0.6) is 0 Å². The van der Waals surface area contributed by atoms with E-state index in [9.17, 15) is 52.8 Å². The average Bonchev–Trinajstić information content (AvgIpc) is 2.89. The summed E-state index contributed by atoms with van der Waals surface area (Å²) in [4.78, 5) is 24.4. The van der Waals surface area contributed by atoms with Gasteiger partial charge >= 0.3 is 23.0 Å². The molecule has 0 radical (unpaired) electrons. The lowest BCUT2D eigenvalue weighted by molar-refractivity contribution is -0.704. The normalized spacial score (nSPS) is 12.9. The maximum absolute atomic E-state index is 12.3. The number of methoxy groups -OCH3 is 1. The van der Waals surface area contributed by atoms with Crippen LogP contribution in [0.2, 0.25) is 0 Å². The Morgan fingerprint density at radius 3 is 1.98 bits per heavy atom. The highest BCUT2D eigenvalue weighted by atomic mass is 32.3. The number of alkyl halides is 6. The second-order valence-corrected chi connectivity index (χ2v) is 11.7. The van der Waals surface area contributed by atoms with Crippen LogP contribution in [0.3, 0.4) is 0 Å². The van der Waals surface area contributed by atoms with Crippen LogP contribution in [0.25, 0.3) is 4.13 Å². The zero-order valence-corrected chi connectivity index (χ0v) is 23.8. The number of rotatable bonds is 11. The average molecular weight is 651 g/mol. The number of carbonyl (C=O) groups excluding carboxylic acids is 2. The van der Waals surface area contributed by atoms with Gasteiger partial charge in [0.1, 0.15) is 19.1 Å². The summed E-state index contributed by atoms with van der Waals surface area (Å²) in [6, 6.07) is 14.3. The number of pyridine rings is 1. The summed E-state index contributed by atoms with van der Waals surface area (Å²) in [5.74, 6) is -0.466. The molecule has 1 atom stereocenters. The number of aromatic nitrogens is 1. The van der Waals surface area contributed by atoms with Crippen LogP contribution in [-0.2, 0) is 49.1 Å². The van der Waals surface area contributed by atoms with Gasteiger partial charge in [0.15, 0.2) is 26.2 Å². The minimum absolute atomic E-state index is 0.378. The Labute approximate surface area is 238 Å². The molecule has 0 fully saturated rings. The number of sulfonamides is 2. The van der Waals surface area contributed by atoms with Gasteiger partial charge in [-0.1, -0.05) is 49.7 Å². The lowest BCUT2D eigenvalue weighted by atomic mass is 10.1. The van der Waals surface area contributed by atoms with Crippen molar-refractivity contribution in [2.75, 3.05) is 7.11 Å². The number of carbonyl (C=O) groups is 2. The molecule has 0 aliphatic heterocycles. The maximum Gasteiger partial charge on any atom is 0.480 e. The number of benzene rings is 1. The van der Waals surface area contributed by atoms with E-state index in [4.69, 9.17) is 4.74 Å². The molecule has 2 aromatic rings. The first kappa shape index (κ1) is 36.6. The number of aryl methyl sites for hydroxylation is 1. The minimum Gasteiger partial charge on any atom is -0.467 e. The van der Waals surface area contributed by atoms with Gasteiger partial charge in [-0.25, -0.2) is 31.0 Å². The van der Waals surface area contributed by atoms with Crippen LogP contribution in [0.1, 0.15) is 31.0 Å². The standard InChI is InChI=1S/C21H27N3O3.C2F6NO4S2/c1-3-4-13-24-14-9-8-12-18(24)16-22-21(26)23-19(20(25)27-2)15-17-10-6-5-7-11-17;3-1(4,5)14(10,11)9-15(12,13)2(6,7)8/h5-12,14,19H,3-4,13,15-16H2,1-2H3,(H-,22,23,26);/q;-1/p+1/t19-;/m0./s1. The summed E-state index contributed by atoms with van der Waals surface area (Å²) in [6.45, 7) is 3.44. The third-order valence-electron chi connectivity index (χ3n) is 5.07. The van der Waals surface area contributed by atoms with Crippen LogP contribution in [0, 0.1) is 0 Å². The predicted octanol–water partition coefficient (Wildman–Crippen LogP) is 3.42. The number of halogens is 6. The Morgan fingerprint density at radius 2 is 1.48 bits per heavy atom. The molecule has 236 valence electrons. The summed E-state index contributed by atoms with van der Waals surface area (Å²) < 4.78 is 116. The van der Waals surface area contributed by atoms with Crippen LogP contribution in [0.4, 0.5) is 31.1 Å². The van der Waals surface area contributed by atoms with Crippen molar-refractivity contribution in [1.29, 1.82) is 0 Å². The molecule has 2 amide bonds. The summed E-state index contributed by atoms with van der Waals surface area (Å²) in [7, 11) is -12.1. The Balaban J connectivity index is 0.000000501. The number of esters is 1. The number of ether oxygens (including phenoxy) is 1. The first-order valence-corrected chi connectivity index (χ1v) is 14.7. The van der Waals surface area contributed by atoms with E-state index in [-0.39, 0.29) is 0 Å². The minimum atomic E-state index is -6.72. The molecule has 19 heteroatoms. The second-order valence-electron chi connectivity index (χ2n) is 8.25. The van der Waals surface area contributed by atoms with Gasteiger partial charge in [-0.2, -0.15) is 26.3 Å². The Morgan fingerprint density at radius 1 is 0.929 bits per heavy atom. The van der Waals surface area contributed by atoms with Crippen LogP contribution in [-0.4, -0.2) is 53.0 Å². The number of unbranched alkanes of at least 4 members (excludes halogenated alkanes) is 1. The zero-order chi connectivity index (χ0) is 32.2. The molecular formula is C23H28F6N4O7S2. The van der Waals surface area contributed by atoms with Crippen molar-refractivity contribution in [3.05, 3.63) is 70.1 Å². The summed E-state index contributed by atoms with van der Waals surface area (Å²) in [5.41, 5.74) is -10.4. The van der Waals surface area contributed by atoms with Gasteiger partial charge in [0.2, 0.25) is 5.69 Å². The first-order valence-electron chi connectivity index (χ1n) is 11.8. The van der Waals surface area contributed by atoms with Crippen molar-refractivity contribution in [3.63, 3.8) is 0 Å². The van der Waals surface area contributed by atoms with E-state index < -0.39 is 49.1 Å². The van der Waals surface area contributed by atoms with Crippen LogP contribution in [0.15, 0.2) is 54.7 Å². The molecule has 0 aliphatic rings. The van der Waals surface area contributed by atoms with Crippen molar-refractivity contribution in [2.24, 2.45) is 0 Å². The topological polar surface area (TPSA) is 154 Å². The van der Waals surface area contributed by atoms with E-state index >= 15 is 0 Å². The van der Waals surface area contributed by atoms with Gasteiger partial charge in [-0.3, -0.25) is 0 Å². The summed E-state index contributed by atoms with van der Waals surface area (Å²) >= 11 is 0. The zero-order valence-electron chi connectivity index (χ0n) is 22.1. The van der Waals surface area contributed by atoms with E-state index in [1.54, 1.807) is 0 Å². The lowest BCUT2D eigenvalue weighted by Crippen LogP contribution is -2.48. The van der Waals surface area contributed by atoms with Gasteiger partial charge in [-0.15, -0.1) is 0 Å². The maximum atomic E-state index is 12.3. The largest absolute Gasteiger partial charge is 0.480 e. The smallest absolute Gasteiger partial charge is 0.467 e. The Bertz CT molecular complexity index is 1350. The fraction of sp³-hybridized carbons (Fsp3) is 0.435. The molecule has 0 unspecified atom stereocenters. The SMILES string of the molecule is CCCC[n+]1ccccc1CNC(=O)N[C@@H](Cc1ccccc1)C(=O)OC.O=S(=O)([N-]S(=O)(=O)C(F)(F)F)C(F)(F)F. The van der Waals surface area contributed by atoms with Crippen molar-refractivity contribution >= 4 is 32.0 Å². The molecule has 0 bridgehead atoms. The molecule has 11 nitrogen and oxygen atoms in total. The number of nitrogens with one attached hydrogen (secondary N) is 2. The van der Waals surface area contributed by atoms with E-state index in [1.165, 1.54) is 7.11 Å². The molecule has 2 rings (SSSR count). The molecule has 0 saturated heterocycles. The Hall–Kier alpha value is -3.45. The van der Waals surface area contributed by atoms with E-state index in [2.05, 4.69) is 22.1 Å². The fourth-order valence-electron chi connectivity index (χ4n) is 3.00. The number of hydrogen-bond donors (Lipinski definition) is 2. The first-order chi connectivity index (χ1) is 19.3. The predicted molar refractivity (Wildman–Crippen MR) is 136 cm³/mol. The highest BCUT2D eigenvalue weighted by Crippen LogP contribution is 2.36. The quantitative estimate of drug-likeness (QED) is 0.215. The van der Waals surface area contributed by atoms with E-state index in [1.807, 2.05) is 54.7 Å². The highest BCUT2D eigenvalue weighted by Gasteiger charge is 2.46. The van der Waals surface area contributed by atoms with Gasteiger partial charge in [0.25, 0.3) is 0 Å². The molecule has 1 aromatic heterocycles. The summed E-state index contributed by atoms with van der Waals surface area (Å²) in [5, 5.41) is 5.55. The van der Waals surface area contributed by atoms with Crippen molar-refractivity contribution in [3.8, 4) is 0 Å². The van der Waals surface area contributed by atoms with Crippen molar-refractivity contribution < 1.29 is 62.1 Å². The van der Waals surface area contributed by atoms with Crippen LogP contribution >= 0.6 is 0 Å². The Kier molecular flexibility index (Phi) is 13.7. The van der Waals surface area contributed by atoms with E-state index in [0.29, 0.717) is 13.0 Å². The van der Waals surface area contributed by atoms with Crippen LogP contribution < -0.4 is 15.2 Å². The summed E-state index contributed by atoms with van der Waals surface area (Å²) in [6.07, 6.45) is 4.57. The molecule has 2 N–H and O–H groups in total. The fourth-order valence-corrected chi connectivity index (χ4v) is 4.71. The lowest BCUT2D eigenvalue weighted by Gasteiger charge is -2.22. The monoisotopic (exact) mass is 650 g/mol. The molecule has 0 aliphatic carbocycles. The second kappa shape index (κ2) is 15.7. The number of amides is 2. The number of urea groups is 1. The molecule has 42 heavy (non-hydrogen) atoms. The van der Waals surface area contributed by atoms with Gasteiger partial charge < -0.3 is 19.5 Å². The highest BCUT2D eigenvalue weighted by molar-refractivity contribution is 8.13. The van der Waals surface area contributed by atoms with Crippen molar-refractivity contribution in [2.45, 2.75) is 56.3 Å². The van der Waals surface area contributed by atoms with Crippen molar-refractivity contribution in [1.82, 2.24) is 10.6 Å².